The molecule has 0 aromatic heterocycles. The molecule has 11 nitrogen and oxygen atoms in total. The number of amides is 3. The molecule has 11 heteroatoms. The van der Waals surface area contributed by atoms with Crippen LogP contribution in [0.2, 0.25) is 0 Å². The summed E-state index contributed by atoms with van der Waals surface area (Å²) in [5.41, 5.74) is 10.1. The van der Waals surface area contributed by atoms with Crippen molar-refractivity contribution in [2.24, 2.45) is 11.5 Å². The van der Waals surface area contributed by atoms with E-state index >= 15 is 0 Å². The molecule has 0 rings (SSSR count). The van der Waals surface area contributed by atoms with Gasteiger partial charge in [-0.05, 0) is 0 Å². The van der Waals surface area contributed by atoms with Gasteiger partial charge in [-0.3, -0.25) is 19.2 Å². The molecule has 2 unspecified atom stereocenters. The molecule has 118 valence electrons. The second-order valence-corrected chi connectivity index (χ2v) is 4.05. The van der Waals surface area contributed by atoms with Crippen LogP contribution in [-0.4, -0.2) is 58.5 Å². The Morgan fingerprint density at radius 2 is 1.62 bits per heavy atom. The molecule has 0 bridgehead atoms. The molecule has 0 saturated heterocycles. The molecule has 0 radical (unpaired) electrons. The fourth-order valence-electron chi connectivity index (χ4n) is 1.23. The number of carboxylic acids is 2. The molecule has 0 heterocycles. The second-order valence-electron chi connectivity index (χ2n) is 4.05. The fourth-order valence-corrected chi connectivity index (χ4v) is 1.23. The Kier molecular flexibility index (Phi) is 7.39. The van der Waals surface area contributed by atoms with Crippen molar-refractivity contribution in [3.05, 3.63) is 0 Å². The Morgan fingerprint density at radius 3 is 2.05 bits per heavy atom. The normalized spacial score (nSPS) is 12.8. The molecule has 0 aliphatic carbocycles. The molecular formula is C10H16N4O7. The van der Waals surface area contributed by atoms with Crippen molar-refractivity contribution in [3.63, 3.8) is 0 Å². The lowest BCUT2D eigenvalue weighted by molar-refractivity contribution is -0.147. The number of nitrogens with two attached hydrogens (primary N) is 2. The minimum atomic E-state index is -1.62. The molecule has 0 aliphatic heterocycles. The lowest BCUT2D eigenvalue weighted by atomic mass is 10.2. The van der Waals surface area contributed by atoms with Crippen molar-refractivity contribution in [2.45, 2.75) is 24.9 Å². The van der Waals surface area contributed by atoms with Crippen LogP contribution in [0.5, 0.6) is 0 Å². The molecule has 0 aliphatic rings. The smallest absolute Gasteiger partial charge is 0.326 e. The Bertz CT molecular complexity index is 451. The number of aliphatic carboxylic acids is 2. The van der Waals surface area contributed by atoms with E-state index in [9.17, 15) is 24.0 Å². The second kappa shape index (κ2) is 8.47. The van der Waals surface area contributed by atoms with Crippen LogP contribution in [-0.2, 0) is 24.0 Å². The van der Waals surface area contributed by atoms with Crippen molar-refractivity contribution in [1.82, 2.24) is 10.6 Å². The summed E-state index contributed by atoms with van der Waals surface area (Å²) in [5.74, 6) is -5.47. The number of rotatable bonds is 9. The zero-order chi connectivity index (χ0) is 16.6. The predicted molar refractivity (Wildman–Crippen MR) is 66.6 cm³/mol. The van der Waals surface area contributed by atoms with Crippen molar-refractivity contribution < 1.29 is 34.2 Å². The van der Waals surface area contributed by atoms with E-state index < -0.39 is 61.1 Å². The number of primary amides is 1. The molecule has 3 amide bonds. The largest absolute Gasteiger partial charge is 0.481 e. The average molecular weight is 304 g/mol. The highest BCUT2D eigenvalue weighted by Crippen LogP contribution is 1.93. The van der Waals surface area contributed by atoms with Crippen LogP contribution in [0.25, 0.3) is 0 Å². The molecule has 0 spiro atoms. The van der Waals surface area contributed by atoms with Crippen LogP contribution in [0.3, 0.4) is 0 Å². The summed E-state index contributed by atoms with van der Waals surface area (Å²) < 4.78 is 0. The van der Waals surface area contributed by atoms with Gasteiger partial charge in [0.2, 0.25) is 17.7 Å². The van der Waals surface area contributed by atoms with E-state index in [1.807, 2.05) is 5.32 Å². The zero-order valence-corrected chi connectivity index (χ0v) is 10.9. The molecular weight excluding hydrogens is 288 g/mol. The summed E-state index contributed by atoms with van der Waals surface area (Å²) in [7, 11) is 0. The summed E-state index contributed by atoms with van der Waals surface area (Å²) in [4.78, 5) is 54.4. The van der Waals surface area contributed by atoms with Gasteiger partial charge in [-0.15, -0.1) is 0 Å². The van der Waals surface area contributed by atoms with E-state index in [0.29, 0.717) is 0 Å². The van der Waals surface area contributed by atoms with Gasteiger partial charge < -0.3 is 32.3 Å². The van der Waals surface area contributed by atoms with Gasteiger partial charge in [-0.2, -0.15) is 0 Å². The quantitative estimate of drug-likeness (QED) is 0.250. The highest BCUT2D eigenvalue weighted by atomic mass is 16.4. The molecule has 0 fully saturated rings. The number of hydrogen-bond acceptors (Lipinski definition) is 6. The van der Waals surface area contributed by atoms with Crippen LogP contribution in [0.15, 0.2) is 0 Å². The van der Waals surface area contributed by atoms with Crippen LogP contribution in [0, 0.1) is 0 Å². The Labute approximate surface area is 118 Å². The minimum Gasteiger partial charge on any atom is -0.481 e. The zero-order valence-electron chi connectivity index (χ0n) is 10.9. The van der Waals surface area contributed by atoms with Gasteiger partial charge in [0.15, 0.2) is 0 Å². The van der Waals surface area contributed by atoms with E-state index in [0.717, 1.165) is 0 Å². The SMILES string of the molecule is NC(=O)CC(N)C(=O)NCC(=O)NC(CC(=O)O)C(=O)O. The highest BCUT2D eigenvalue weighted by molar-refractivity contribution is 5.92. The number of nitrogens with one attached hydrogen (secondary N) is 2. The third kappa shape index (κ3) is 8.15. The van der Waals surface area contributed by atoms with E-state index in [-0.39, 0.29) is 0 Å². The summed E-state index contributed by atoms with van der Waals surface area (Å²) in [6.45, 7) is -0.616. The molecule has 0 aromatic rings. The third-order valence-corrected chi connectivity index (χ3v) is 2.19. The number of carboxylic acid groups (broad SMARTS) is 2. The standard InChI is InChI=1S/C10H16N4O7/c11-4(1-6(12)15)9(19)13-3-7(16)14-5(10(20)21)2-8(17)18/h4-5H,1-3,11H2,(H2,12,15)(H,13,19)(H,14,16)(H,17,18)(H,20,21). The van der Waals surface area contributed by atoms with Gasteiger partial charge >= 0.3 is 11.9 Å². The van der Waals surface area contributed by atoms with Gasteiger partial charge in [0.1, 0.15) is 6.04 Å². The first kappa shape index (κ1) is 18.3. The minimum absolute atomic E-state index is 0.412. The molecule has 21 heavy (non-hydrogen) atoms. The summed E-state index contributed by atoms with van der Waals surface area (Å²) in [6.07, 6.45) is -1.22. The van der Waals surface area contributed by atoms with Gasteiger partial charge in [-0.25, -0.2) is 4.79 Å². The summed E-state index contributed by atoms with van der Waals surface area (Å²) >= 11 is 0. The van der Waals surface area contributed by atoms with E-state index in [1.54, 1.807) is 0 Å². The topological polar surface area (TPSA) is 202 Å². The maximum atomic E-state index is 11.4. The van der Waals surface area contributed by atoms with E-state index in [4.69, 9.17) is 21.7 Å². The Balaban J connectivity index is 4.30. The molecule has 0 aromatic carbocycles. The number of carbonyl (C=O) groups excluding carboxylic acids is 3. The lowest BCUT2D eigenvalue weighted by Gasteiger charge is -2.14. The maximum Gasteiger partial charge on any atom is 0.326 e. The van der Waals surface area contributed by atoms with E-state index in [2.05, 4.69) is 5.32 Å². The van der Waals surface area contributed by atoms with Crippen LogP contribution in [0.1, 0.15) is 12.8 Å². The van der Waals surface area contributed by atoms with E-state index in [1.165, 1.54) is 0 Å². The first-order chi connectivity index (χ1) is 9.63. The monoisotopic (exact) mass is 304 g/mol. The fraction of sp³-hybridized carbons (Fsp3) is 0.500. The van der Waals surface area contributed by atoms with Crippen molar-refractivity contribution >= 4 is 29.7 Å². The van der Waals surface area contributed by atoms with Gasteiger partial charge in [0, 0.05) is 0 Å². The predicted octanol–water partition coefficient (Wildman–Crippen LogP) is -3.65. The Hall–Kier alpha value is -2.69. The molecule has 8 N–H and O–H groups in total. The number of carbonyl (C=O) groups is 5. The van der Waals surface area contributed by atoms with Crippen molar-refractivity contribution in [2.75, 3.05) is 6.54 Å². The van der Waals surface area contributed by atoms with Crippen molar-refractivity contribution in [1.29, 1.82) is 0 Å². The highest BCUT2D eigenvalue weighted by Gasteiger charge is 2.23. The maximum absolute atomic E-state index is 11.4. The molecule has 2 atom stereocenters. The van der Waals surface area contributed by atoms with Crippen LogP contribution in [0.4, 0.5) is 0 Å². The number of hydrogen-bond donors (Lipinski definition) is 6. The van der Waals surface area contributed by atoms with Crippen LogP contribution >= 0.6 is 0 Å². The van der Waals surface area contributed by atoms with Gasteiger partial charge in [0.05, 0.1) is 25.4 Å². The Morgan fingerprint density at radius 1 is 1.05 bits per heavy atom. The third-order valence-electron chi connectivity index (χ3n) is 2.19. The van der Waals surface area contributed by atoms with Crippen LogP contribution < -0.4 is 22.1 Å². The van der Waals surface area contributed by atoms with Gasteiger partial charge in [0.25, 0.3) is 0 Å². The molecule has 0 saturated carbocycles. The summed E-state index contributed by atoms with van der Waals surface area (Å²) in [5, 5.41) is 21.2. The van der Waals surface area contributed by atoms with Gasteiger partial charge in [-0.1, -0.05) is 0 Å². The van der Waals surface area contributed by atoms with Crippen molar-refractivity contribution in [3.8, 4) is 0 Å². The first-order valence-electron chi connectivity index (χ1n) is 5.69. The summed E-state index contributed by atoms with van der Waals surface area (Å²) in [6, 6.07) is -2.85. The average Bonchev–Trinajstić information content (AvgIpc) is 2.33. The lowest BCUT2D eigenvalue weighted by Crippen LogP contribution is -2.49. The first-order valence-corrected chi connectivity index (χ1v) is 5.69.